The summed E-state index contributed by atoms with van der Waals surface area (Å²) in [5.74, 6) is 1.02. The first-order valence-corrected chi connectivity index (χ1v) is 9.12. The van der Waals surface area contributed by atoms with Gasteiger partial charge in [0, 0.05) is 24.2 Å². The number of hydrogen-bond acceptors (Lipinski definition) is 2. The molecule has 0 aliphatic heterocycles. The van der Waals surface area contributed by atoms with Crippen molar-refractivity contribution in [1.29, 1.82) is 0 Å². The summed E-state index contributed by atoms with van der Waals surface area (Å²) in [6, 6.07) is 9.02. The van der Waals surface area contributed by atoms with Gasteiger partial charge in [-0.15, -0.1) is 0 Å². The van der Waals surface area contributed by atoms with Crippen LogP contribution in [0.2, 0.25) is 5.02 Å². The molecule has 2 aliphatic carbocycles. The highest BCUT2D eigenvalue weighted by molar-refractivity contribution is 6.30. The number of rotatable bonds is 7. The van der Waals surface area contributed by atoms with Gasteiger partial charge in [-0.2, -0.15) is 0 Å². The Bertz CT molecular complexity index is 551. The summed E-state index contributed by atoms with van der Waals surface area (Å²) in [5.41, 5.74) is 1.12. The van der Waals surface area contributed by atoms with Crippen LogP contribution in [-0.2, 0) is 4.79 Å². The van der Waals surface area contributed by atoms with E-state index in [4.69, 9.17) is 11.6 Å². The molecule has 2 aliphatic rings. The highest BCUT2D eigenvalue weighted by Gasteiger charge is 2.40. The van der Waals surface area contributed by atoms with E-state index in [2.05, 4.69) is 18.7 Å². The third-order valence-electron chi connectivity index (χ3n) is 5.49. The predicted molar refractivity (Wildman–Crippen MR) is 94.6 cm³/mol. The Morgan fingerprint density at radius 2 is 1.78 bits per heavy atom. The molecule has 0 heterocycles. The minimum atomic E-state index is 0.0667. The molecule has 23 heavy (non-hydrogen) atoms. The summed E-state index contributed by atoms with van der Waals surface area (Å²) in [4.78, 5) is 17.1. The molecule has 0 bridgehead atoms. The summed E-state index contributed by atoms with van der Waals surface area (Å²) in [6.07, 6.45) is 5.16. The Labute approximate surface area is 144 Å². The van der Waals surface area contributed by atoms with Crippen molar-refractivity contribution in [3.63, 3.8) is 0 Å². The smallest absolute Gasteiger partial charge is 0.237 e. The number of nitrogens with zero attached hydrogens (tertiary/aromatic N) is 2. The molecule has 126 valence electrons. The fourth-order valence-electron chi connectivity index (χ4n) is 3.31. The zero-order valence-electron chi connectivity index (χ0n) is 14.3. The first-order chi connectivity index (χ1) is 11.0. The van der Waals surface area contributed by atoms with Gasteiger partial charge in [-0.3, -0.25) is 9.69 Å². The van der Waals surface area contributed by atoms with Gasteiger partial charge in [-0.05, 0) is 63.1 Å². The molecule has 0 spiro atoms. The van der Waals surface area contributed by atoms with E-state index >= 15 is 0 Å². The van der Waals surface area contributed by atoms with Gasteiger partial charge in [0.1, 0.15) is 0 Å². The van der Waals surface area contributed by atoms with Crippen LogP contribution in [0, 0.1) is 5.92 Å². The number of halogens is 1. The number of benzene rings is 1. The van der Waals surface area contributed by atoms with Crippen LogP contribution >= 0.6 is 11.6 Å². The third kappa shape index (κ3) is 4.07. The van der Waals surface area contributed by atoms with Crippen LogP contribution in [0.4, 0.5) is 0 Å². The first-order valence-electron chi connectivity index (χ1n) is 8.74. The number of hydrogen-bond donors (Lipinski definition) is 0. The molecular formula is C19H27ClN2O. The van der Waals surface area contributed by atoms with Crippen LogP contribution in [0.15, 0.2) is 24.3 Å². The van der Waals surface area contributed by atoms with Crippen LogP contribution in [0.5, 0.6) is 0 Å². The molecule has 1 aromatic carbocycles. The summed E-state index contributed by atoms with van der Waals surface area (Å²) in [7, 11) is 1.91. The molecule has 4 heteroatoms. The molecule has 0 aromatic heterocycles. The van der Waals surface area contributed by atoms with Gasteiger partial charge in [0.2, 0.25) is 5.91 Å². The van der Waals surface area contributed by atoms with Crippen LogP contribution in [0.25, 0.3) is 0 Å². The quantitative estimate of drug-likeness (QED) is 0.748. The van der Waals surface area contributed by atoms with E-state index in [-0.39, 0.29) is 11.9 Å². The van der Waals surface area contributed by atoms with Crippen LogP contribution in [0.1, 0.15) is 51.1 Å². The van der Waals surface area contributed by atoms with Gasteiger partial charge in [-0.25, -0.2) is 0 Å². The van der Waals surface area contributed by atoms with Gasteiger partial charge in [-0.1, -0.05) is 23.7 Å². The lowest BCUT2D eigenvalue weighted by Crippen LogP contribution is -2.45. The maximum Gasteiger partial charge on any atom is 0.237 e. The number of carbonyl (C=O) groups is 1. The predicted octanol–water partition coefficient (Wildman–Crippen LogP) is 4.12. The monoisotopic (exact) mass is 334 g/mol. The van der Waals surface area contributed by atoms with Gasteiger partial charge >= 0.3 is 0 Å². The standard InChI is InChI=1S/C19H27ClN2O/c1-13(15-6-8-17(20)9-7-15)21(3)19(23)12-22(18-10-11-18)14(2)16-4-5-16/h6-9,13-14,16,18H,4-5,10-12H2,1-3H3. The minimum Gasteiger partial charge on any atom is -0.338 e. The normalized spacial score (nSPS) is 20.4. The molecular weight excluding hydrogens is 308 g/mol. The van der Waals surface area contributed by atoms with Crippen molar-refractivity contribution in [3.05, 3.63) is 34.9 Å². The molecule has 3 rings (SSSR count). The van der Waals surface area contributed by atoms with Crippen molar-refractivity contribution >= 4 is 17.5 Å². The molecule has 2 fully saturated rings. The molecule has 0 saturated heterocycles. The molecule has 1 amide bonds. The van der Waals surface area contributed by atoms with Crippen LogP contribution in [-0.4, -0.2) is 41.4 Å². The van der Waals surface area contributed by atoms with Crippen molar-refractivity contribution < 1.29 is 4.79 Å². The molecule has 2 atom stereocenters. The van der Waals surface area contributed by atoms with E-state index in [9.17, 15) is 4.79 Å². The summed E-state index contributed by atoms with van der Waals surface area (Å²) < 4.78 is 0. The Kier molecular flexibility index (Phi) is 4.98. The average molecular weight is 335 g/mol. The highest BCUT2D eigenvalue weighted by Crippen LogP contribution is 2.39. The molecule has 1 aromatic rings. The Morgan fingerprint density at radius 1 is 1.17 bits per heavy atom. The summed E-state index contributed by atoms with van der Waals surface area (Å²) in [5, 5.41) is 0.730. The second-order valence-electron chi connectivity index (χ2n) is 7.21. The number of amides is 1. The van der Waals surface area contributed by atoms with Crippen molar-refractivity contribution in [3.8, 4) is 0 Å². The first kappa shape index (κ1) is 16.8. The van der Waals surface area contributed by atoms with Crippen molar-refractivity contribution in [1.82, 2.24) is 9.80 Å². The van der Waals surface area contributed by atoms with E-state index in [0.717, 1.165) is 16.5 Å². The van der Waals surface area contributed by atoms with E-state index in [0.29, 0.717) is 18.6 Å². The van der Waals surface area contributed by atoms with Gasteiger partial charge in [0.15, 0.2) is 0 Å². The maximum atomic E-state index is 12.8. The van der Waals surface area contributed by atoms with Crippen molar-refractivity contribution in [2.45, 2.75) is 57.7 Å². The maximum absolute atomic E-state index is 12.8. The number of carbonyl (C=O) groups excluding carboxylic acids is 1. The van der Waals surface area contributed by atoms with Gasteiger partial charge < -0.3 is 4.90 Å². The number of likely N-dealkylation sites (N-methyl/N-ethyl adjacent to an activating group) is 1. The lowest BCUT2D eigenvalue weighted by Gasteiger charge is -2.32. The SMILES string of the molecule is CC(c1ccc(Cl)cc1)N(C)C(=O)CN(C1CC1)C(C)C1CC1. The topological polar surface area (TPSA) is 23.6 Å². The Balaban J connectivity index is 1.62. The lowest BCUT2D eigenvalue weighted by molar-refractivity contribution is -0.133. The largest absolute Gasteiger partial charge is 0.338 e. The average Bonchev–Trinajstić information content (AvgIpc) is 3.42. The molecule has 2 unspecified atom stereocenters. The highest BCUT2D eigenvalue weighted by atomic mass is 35.5. The molecule has 0 radical (unpaired) electrons. The summed E-state index contributed by atoms with van der Waals surface area (Å²) in [6.45, 7) is 4.93. The molecule has 3 nitrogen and oxygen atoms in total. The Hall–Kier alpha value is -1.06. The minimum absolute atomic E-state index is 0.0667. The van der Waals surface area contributed by atoms with E-state index < -0.39 is 0 Å². The van der Waals surface area contributed by atoms with E-state index in [1.165, 1.54) is 25.7 Å². The van der Waals surface area contributed by atoms with Gasteiger partial charge in [0.05, 0.1) is 12.6 Å². The lowest BCUT2D eigenvalue weighted by atomic mass is 10.1. The fourth-order valence-corrected chi connectivity index (χ4v) is 3.44. The van der Waals surface area contributed by atoms with E-state index in [1.54, 1.807) is 0 Å². The second-order valence-corrected chi connectivity index (χ2v) is 7.65. The molecule has 0 N–H and O–H groups in total. The fraction of sp³-hybridized carbons (Fsp3) is 0.632. The van der Waals surface area contributed by atoms with E-state index in [1.807, 2.05) is 36.2 Å². The third-order valence-corrected chi connectivity index (χ3v) is 5.74. The van der Waals surface area contributed by atoms with Crippen molar-refractivity contribution in [2.24, 2.45) is 5.92 Å². The molecule has 2 saturated carbocycles. The zero-order chi connectivity index (χ0) is 16.6. The van der Waals surface area contributed by atoms with Crippen molar-refractivity contribution in [2.75, 3.05) is 13.6 Å². The van der Waals surface area contributed by atoms with Crippen LogP contribution in [0.3, 0.4) is 0 Å². The second kappa shape index (κ2) is 6.82. The Morgan fingerprint density at radius 3 is 2.30 bits per heavy atom. The van der Waals surface area contributed by atoms with Crippen LogP contribution < -0.4 is 0 Å². The van der Waals surface area contributed by atoms with Gasteiger partial charge in [0.25, 0.3) is 0 Å². The summed E-state index contributed by atoms with van der Waals surface area (Å²) >= 11 is 5.95. The zero-order valence-corrected chi connectivity index (χ0v) is 15.1.